The van der Waals surface area contributed by atoms with Crippen LogP contribution < -0.4 is 15.5 Å². The van der Waals surface area contributed by atoms with E-state index < -0.39 is 28.8 Å². The number of fused-ring (bicyclic) bond motifs is 1. The van der Waals surface area contributed by atoms with Crippen molar-refractivity contribution in [3.8, 4) is 6.07 Å². The summed E-state index contributed by atoms with van der Waals surface area (Å²) in [5, 5.41) is 32.3. The Hall–Kier alpha value is -4.31. The molecule has 3 aromatic rings. The second kappa shape index (κ2) is 9.98. The number of rotatable bonds is 6. The largest absolute Gasteiger partial charge is 0.417 e. The van der Waals surface area contributed by atoms with E-state index in [0.717, 1.165) is 11.6 Å². The molecular formula is C24H23F3N8O2. The number of alkyl halides is 3. The molecule has 1 aromatic carbocycles. The molecule has 1 aliphatic heterocycles. The van der Waals surface area contributed by atoms with Crippen molar-refractivity contribution >= 4 is 23.2 Å². The molecule has 13 heteroatoms. The van der Waals surface area contributed by atoms with Crippen LogP contribution in [-0.4, -0.2) is 49.9 Å². The summed E-state index contributed by atoms with van der Waals surface area (Å²) in [5.74, 6) is 0.343. The van der Waals surface area contributed by atoms with Crippen molar-refractivity contribution in [2.45, 2.75) is 38.6 Å². The van der Waals surface area contributed by atoms with Gasteiger partial charge in [0.2, 0.25) is 0 Å². The lowest BCUT2D eigenvalue weighted by Crippen LogP contribution is -2.38. The molecule has 192 valence electrons. The first-order valence-corrected chi connectivity index (χ1v) is 11.2. The number of carbonyl (C=O) groups excluding carboxylic acids is 1. The van der Waals surface area contributed by atoms with Crippen LogP contribution in [0.4, 0.5) is 30.5 Å². The summed E-state index contributed by atoms with van der Waals surface area (Å²) < 4.78 is 40.2. The zero-order valence-electron chi connectivity index (χ0n) is 20.0. The molecular weight excluding hydrogens is 489 g/mol. The first-order valence-electron chi connectivity index (χ1n) is 11.2. The number of amides is 1. The summed E-state index contributed by atoms with van der Waals surface area (Å²) in [6.07, 6.45) is -2.85. The Kier molecular flexibility index (Phi) is 6.95. The van der Waals surface area contributed by atoms with Crippen LogP contribution in [0.25, 0.3) is 0 Å². The summed E-state index contributed by atoms with van der Waals surface area (Å²) in [6.45, 7) is 3.85. The maximum absolute atomic E-state index is 13.4. The highest BCUT2D eigenvalue weighted by atomic mass is 19.4. The molecule has 3 N–H and O–H groups in total. The first-order chi connectivity index (χ1) is 17.4. The van der Waals surface area contributed by atoms with Crippen molar-refractivity contribution in [2.75, 3.05) is 23.3 Å². The molecule has 0 saturated carbocycles. The molecule has 37 heavy (non-hydrogen) atoms. The summed E-state index contributed by atoms with van der Waals surface area (Å²) >= 11 is 0. The number of nitrogens with one attached hydrogen (secondary N) is 2. The summed E-state index contributed by atoms with van der Waals surface area (Å²) in [6, 6.07) is 8.28. The van der Waals surface area contributed by atoms with Crippen LogP contribution in [0, 0.1) is 11.3 Å². The smallest absolute Gasteiger partial charge is 0.389 e. The van der Waals surface area contributed by atoms with E-state index in [2.05, 4.69) is 30.8 Å². The van der Waals surface area contributed by atoms with Gasteiger partial charge in [-0.2, -0.15) is 18.4 Å². The van der Waals surface area contributed by atoms with Crippen molar-refractivity contribution in [2.24, 2.45) is 0 Å². The van der Waals surface area contributed by atoms with Crippen LogP contribution in [0.1, 0.15) is 46.7 Å². The maximum atomic E-state index is 13.4. The number of nitriles is 1. The number of anilines is 3. The van der Waals surface area contributed by atoms with Gasteiger partial charge < -0.3 is 20.6 Å². The molecule has 0 aliphatic carbocycles. The van der Waals surface area contributed by atoms with Gasteiger partial charge in [0.15, 0.2) is 11.5 Å². The van der Waals surface area contributed by atoms with Gasteiger partial charge >= 0.3 is 6.18 Å². The van der Waals surface area contributed by atoms with Gasteiger partial charge in [0.1, 0.15) is 12.1 Å². The normalized spacial score (nSPS) is 13.5. The number of aromatic nitrogens is 4. The number of hydrogen-bond donors (Lipinski definition) is 3. The molecule has 2 aromatic heterocycles. The van der Waals surface area contributed by atoms with Crippen molar-refractivity contribution < 1.29 is 23.1 Å². The Labute approximate surface area is 210 Å². The van der Waals surface area contributed by atoms with Crippen molar-refractivity contribution in [1.29, 1.82) is 5.26 Å². The van der Waals surface area contributed by atoms with Crippen LogP contribution in [-0.2, 0) is 19.1 Å². The molecule has 1 aliphatic rings. The fraction of sp³-hybridized carbons (Fsp3) is 0.333. The predicted octanol–water partition coefficient (Wildman–Crippen LogP) is 2.96. The second-order valence-corrected chi connectivity index (χ2v) is 9.08. The molecule has 0 bridgehead atoms. The molecule has 10 nitrogen and oxygen atoms in total. The lowest BCUT2D eigenvalue weighted by molar-refractivity contribution is -0.137. The van der Waals surface area contributed by atoms with E-state index in [9.17, 15) is 23.1 Å². The zero-order chi connectivity index (χ0) is 26.8. The average molecular weight is 512 g/mol. The molecule has 4 rings (SSSR count). The summed E-state index contributed by atoms with van der Waals surface area (Å²) in [5.41, 5.74) is -0.615. The Morgan fingerprint density at radius 1 is 1.19 bits per heavy atom. The molecule has 0 saturated heterocycles. The number of nitrogens with zero attached hydrogens (tertiary/aromatic N) is 6. The van der Waals surface area contributed by atoms with Crippen LogP contribution in [0.2, 0.25) is 0 Å². The van der Waals surface area contributed by atoms with Crippen LogP contribution >= 0.6 is 0 Å². The third-order valence-electron chi connectivity index (χ3n) is 5.63. The number of aliphatic hydroxyl groups is 1. The van der Waals surface area contributed by atoms with E-state index in [1.165, 1.54) is 24.5 Å². The molecule has 0 unspecified atom stereocenters. The Morgan fingerprint density at radius 2 is 1.97 bits per heavy atom. The lowest BCUT2D eigenvalue weighted by atomic mass is 10.0. The minimum atomic E-state index is -4.64. The third-order valence-corrected chi connectivity index (χ3v) is 5.63. The van der Waals surface area contributed by atoms with E-state index in [-0.39, 0.29) is 18.8 Å². The van der Waals surface area contributed by atoms with Gasteiger partial charge in [0, 0.05) is 24.3 Å². The number of carbonyl (C=O) groups is 1. The Bertz CT molecular complexity index is 1350. The minimum absolute atomic E-state index is 0.0532. The standard InChI is InChI=1S/C24H23F3N8O2/c1-23(2,37)12-29-22(36)18-5-6-20(34-33-18)32-21-16-7-8-35(11-19(16)30-13-31-21)15-4-3-14(10-28)17(9-15)24(25,26)27/h3-6,9,13,37H,7-8,11-12H2,1-2H3,(H,29,36)(H,30,31,32,34). The van der Waals surface area contributed by atoms with Crippen molar-refractivity contribution in [3.63, 3.8) is 0 Å². The van der Waals surface area contributed by atoms with E-state index in [0.29, 0.717) is 36.0 Å². The second-order valence-electron chi connectivity index (χ2n) is 9.08. The van der Waals surface area contributed by atoms with Crippen molar-refractivity contribution in [3.05, 3.63) is 64.7 Å². The van der Waals surface area contributed by atoms with E-state index in [1.807, 2.05) is 0 Å². The van der Waals surface area contributed by atoms with E-state index in [1.54, 1.807) is 30.9 Å². The summed E-state index contributed by atoms with van der Waals surface area (Å²) in [7, 11) is 0. The van der Waals surface area contributed by atoms with Gasteiger partial charge in [0.05, 0.1) is 35.0 Å². The minimum Gasteiger partial charge on any atom is -0.389 e. The van der Waals surface area contributed by atoms with Gasteiger partial charge in [-0.3, -0.25) is 4.79 Å². The van der Waals surface area contributed by atoms with Crippen LogP contribution in [0.3, 0.4) is 0 Å². The predicted molar refractivity (Wildman–Crippen MR) is 127 cm³/mol. The molecule has 3 heterocycles. The van der Waals surface area contributed by atoms with E-state index in [4.69, 9.17) is 5.26 Å². The van der Waals surface area contributed by atoms with Gasteiger partial charge in [-0.1, -0.05) is 0 Å². The molecule has 0 atom stereocenters. The highest BCUT2D eigenvalue weighted by molar-refractivity contribution is 5.92. The summed E-state index contributed by atoms with van der Waals surface area (Å²) in [4.78, 5) is 22.5. The number of benzene rings is 1. The van der Waals surface area contributed by atoms with Gasteiger partial charge in [-0.05, 0) is 50.6 Å². The fourth-order valence-corrected chi connectivity index (χ4v) is 3.77. The van der Waals surface area contributed by atoms with Gasteiger partial charge in [-0.15, -0.1) is 10.2 Å². The average Bonchev–Trinajstić information content (AvgIpc) is 2.86. The Balaban J connectivity index is 1.48. The third kappa shape index (κ3) is 6.10. The zero-order valence-corrected chi connectivity index (χ0v) is 20.0. The SMILES string of the molecule is CC(C)(O)CNC(=O)c1ccc(Nc2ncnc3c2CCN(c2ccc(C#N)c(C(F)(F)F)c2)C3)nn1. The number of halogens is 3. The highest BCUT2D eigenvalue weighted by Gasteiger charge is 2.34. The lowest BCUT2D eigenvalue weighted by Gasteiger charge is -2.31. The molecule has 0 radical (unpaired) electrons. The van der Waals surface area contributed by atoms with Gasteiger partial charge in [0.25, 0.3) is 5.91 Å². The molecule has 0 fully saturated rings. The highest BCUT2D eigenvalue weighted by Crippen LogP contribution is 2.36. The van der Waals surface area contributed by atoms with Crippen molar-refractivity contribution in [1.82, 2.24) is 25.5 Å². The van der Waals surface area contributed by atoms with Gasteiger partial charge in [-0.25, -0.2) is 9.97 Å². The Morgan fingerprint density at radius 3 is 2.62 bits per heavy atom. The monoisotopic (exact) mass is 512 g/mol. The van der Waals surface area contributed by atoms with Crippen LogP contribution in [0.15, 0.2) is 36.7 Å². The van der Waals surface area contributed by atoms with E-state index >= 15 is 0 Å². The number of hydrogen-bond acceptors (Lipinski definition) is 9. The molecule has 0 spiro atoms. The van der Waals surface area contributed by atoms with Crippen LogP contribution in [0.5, 0.6) is 0 Å². The maximum Gasteiger partial charge on any atom is 0.417 e. The quantitative estimate of drug-likeness (QED) is 0.455. The molecule has 1 amide bonds. The fourth-order valence-electron chi connectivity index (χ4n) is 3.77. The first kappa shape index (κ1) is 25.8. The topological polar surface area (TPSA) is 140 Å².